The first kappa shape index (κ1) is 13.2. The fraction of sp³-hybridized carbons (Fsp3) is 0.188. The van der Waals surface area contributed by atoms with Crippen LogP contribution in [0.5, 0.6) is 0 Å². The number of benzene rings is 2. The van der Waals surface area contributed by atoms with Crippen LogP contribution in [-0.2, 0) is 13.0 Å². The first-order chi connectivity index (χ1) is 9.63. The SMILES string of the molecule is O=C(O)c1ccc2c(c1)CCN2Cc1cccc(Br)c1. The van der Waals surface area contributed by atoms with Gasteiger partial charge in [0.15, 0.2) is 0 Å². The molecule has 0 aromatic heterocycles. The Hall–Kier alpha value is -1.81. The Balaban J connectivity index is 1.84. The summed E-state index contributed by atoms with van der Waals surface area (Å²) in [5.41, 5.74) is 3.89. The minimum absolute atomic E-state index is 0.369. The Kier molecular flexibility index (Phi) is 3.49. The fourth-order valence-corrected chi connectivity index (χ4v) is 3.07. The average Bonchev–Trinajstić information content (AvgIpc) is 2.81. The molecule has 0 saturated carbocycles. The van der Waals surface area contributed by atoms with Gasteiger partial charge in [-0.3, -0.25) is 0 Å². The fourth-order valence-electron chi connectivity index (χ4n) is 2.62. The molecule has 1 N–H and O–H groups in total. The zero-order valence-electron chi connectivity index (χ0n) is 10.8. The molecule has 3 nitrogen and oxygen atoms in total. The maximum absolute atomic E-state index is 11.0. The Morgan fingerprint density at radius 3 is 2.85 bits per heavy atom. The highest BCUT2D eigenvalue weighted by atomic mass is 79.9. The van der Waals surface area contributed by atoms with Crippen LogP contribution in [0.2, 0.25) is 0 Å². The van der Waals surface area contributed by atoms with Crippen molar-refractivity contribution in [3.63, 3.8) is 0 Å². The lowest BCUT2D eigenvalue weighted by atomic mass is 10.1. The van der Waals surface area contributed by atoms with Crippen LogP contribution in [0.25, 0.3) is 0 Å². The zero-order valence-corrected chi connectivity index (χ0v) is 12.4. The normalized spacial score (nSPS) is 13.3. The van der Waals surface area contributed by atoms with Crippen LogP contribution in [0.4, 0.5) is 5.69 Å². The lowest BCUT2D eigenvalue weighted by molar-refractivity contribution is 0.0697. The van der Waals surface area contributed by atoms with Crippen LogP contribution >= 0.6 is 15.9 Å². The van der Waals surface area contributed by atoms with Crippen LogP contribution in [0, 0.1) is 0 Å². The molecule has 0 spiro atoms. The van der Waals surface area contributed by atoms with Crippen molar-refractivity contribution >= 4 is 27.6 Å². The molecule has 2 aromatic carbocycles. The predicted molar refractivity (Wildman–Crippen MR) is 82.3 cm³/mol. The molecule has 0 atom stereocenters. The molecule has 4 heteroatoms. The molecule has 0 radical (unpaired) electrons. The van der Waals surface area contributed by atoms with Gasteiger partial charge in [-0.1, -0.05) is 28.1 Å². The third-order valence-corrected chi connectivity index (χ3v) is 4.07. The van der Waals surface area contributed by atoms with E-state index in [2.05, 4.69) is 33.0 Å². The van der Waals surface area contributed by atoms with Gasteiger partial charge in [0.1, 0.15) is 0 Å². The van der Waals surface area contributed by atoms with Crippen molar-refractivity contribution in [2.24, 2.45) is 0 Å². The number of nitrogens with zero attached hydrogens (tertiary/aromatic N) is 1. The number of fused-ring (bicyclic) bond motifs is 1. The number of hydrogen-bond acceptors (Lipinski definition) is 2. The molecule has 1 aliphatic rings. The first-order valence-electron chi connectivity index (χ1n) is 6.49. The van der Waals surface area contributed by atoms with Gasteiger partial charge in [0.2, 0.25) is 0 Å². The number of aromatic carboxylic acids is 1. The van der Waals surface area contributed by atoms with E-state index >= 15 is 0 Å². The number of halogens is 1. The molecule has 20 heavy (non-hydrogen) atoms. The second-order valence-electron chi connectivity index (χ2n) is 4.95. The van der Waals surface area contributed by atoms with Crippen molar-refractivity contribution in [3.8, 4) is 0 Å². The summed E-state index contributed by atoms with van der Waals surface area (Å²) in [5, 5.41) is 9.03. The second kappa shape index (κ2) is 5.29. The molecule has 0 unspecified atom stereocenters. The van der Waals surface area contributed by atoms with E-state index in [1.807, 2.05) is 18.2 Å². The molecule has 0 fully saturated rings. The highest BCUT2D eigenvalue weighted by Crippen LogP contribution is 2.30. The van der Waals surface area contributed by atoms with Crippen molar-refractivity contribution < 1.29 is 9.90 Å². The third-order valence-electron chi connectivity index (χ3n) is 3.58. The first-order valence-corrected chi connectivity index (χ1v) is 7.28. The Bertz CT molecular complexity index is 669. The molecule has 102 valence electrons. The average molecular weight is 332 g/mol. The van der Waals surface area contributed by atoms with E-state index in [9.17, 15) is 4.79 Å². The Morgan fingerprint density at radius 1 is 1.25 bits per heavy atom. The smallest absolute Gasteiger partial charge is 0.335 e. The molecule has 3 rings (SSSR count). The summed E-state index contributed by atoms with van der Waals surface area (Å²) in [7, 11) is 0. The van der Waals surface area contributed by atoms with Gasteiger partial charge in [-0.25, -0.2) is 4.79 Å². The lowest BCUT2D eigenvalue weighted by Gasteiger charge is -2.19. The van der Waals surface area contributed by atoms with Crippen LogP contribution < -0.4 is 4.90 Å². The number of carboxylic acids is 1. The molecule has 2 aromatic rings. The Labute approximate surface area is 126 Å². The van der Waals surface area contributed by atoms with Crippen molar-refractivity contribution in [2.45, 2.75) is 13.0 Å². The highest BCUT2D eigenvalue weighted by Gasteiger charge is 2.20. The van der Waals surface area contributed by atoms with Gasteiger partial charge in [-0.2, -0.15) is 0 Å². The minimum Gasteiger partial charge on any atom is -0.478 e. The molecule has 1 aliphatic heterocycles. The van der Waals surface area contributed by atoms with E-state index in [0.717, 1.165) is 35.2 Å². The molecular weight excluding hydrogens is 318 g/mol. The summed E-state index contributed by atoms with van der Waals surface area (Å²) in [6.07, 6.45) is 0.907. The van der Waals surface area contributed by atoms with Gasteiger partial charge in [0.25, 0.3) is 0 Å². The quantitative estimate of drug-likeness (QED) is 0.931. The van der Waals surface area contributed by atoms with Gasteiger partial charge in [-0.15, -0.1) is 0 Å². The van der Waals surface area contributed by atoms with Crippen LogP contribution in [0.3, 0.4) is 0 Å². The number of carbonyl (C=O) groups is 1. The van der Waals surface area contributed by atoms with E-state index in [1.54, 1.807) is 12.1 Å². The van der Waals surface area contributed by atoms with Crippen LogP contribution in [-0.4, -0.2) is 17.6 Å². The molecule has 0 aliphatic carbocycles. The number of carboxylic acid groups (broad SMARTS) is 1. The topological polar surface area (TPSA) is 40.5 Å². The highest BCUT2D eigenvalue weighted by molar-refractivity contribution is 9.10. The van der Waals surface area contributed by atoms with Crippen LogP contribution in [0.1, 0.15) is 21.5 Å². The Morgan fingerprint density at radius 2 is 2.10 bits per heavy atom. The molecule has 1 heterocycles. The summed E-state index contributed by atoms with van der Waals surface area (Å²) in [5.74, 6) is -0.863. The van der Waals surface area contributed by atoms with Crippen molar-refractivity contribution in [1.29, 1.82) is 0 Å². The van der Waals surface area contributed by atoms with Gasteiger partial charge >= 0.3 is 5.97 Å². The maximum atomic E-state index is 11.0. The van der Waals surface area contributed by atoms with E-state index in [-0.39, 0.29) is 0 Å². The van der Waals surface area contributed by atoms with Crippen molar-refractivity contribution in [3.05, 3.63) is 63.6 Å². The van der Waals surface area contributed by atoms with E-state index in [1.165, 1.54) is 5.56 Å². The van der Waals surface area contributed by atoms with Crippen molar-refractivity contribution in [1.82, 2.24) is 0 Å². The summed E-state index contributed by atoms with van der Waals surface area (Å²) < 4.78 is 1.08. The van der Waals surface area contributed by atoms with Gasteiger partial charge in [-0.05, 0) is 47.9 Å². The zero-order chi connectivity index (χ0) is 14.1. The van der Waals surface area contributed by atoms with Gasteiger partial charge in [0.05, 0.1) is 5.56 Å². The van der Waals surface area contributed by atoms with Crippen molar-refractivity contribution in [2.75, 3.05) is 11.4 Å². The largest absolute Gasteiger partial charge is 0.478 e. The number of hydrogen-bond donors (Lipinski definition) is 1. The van der Waals surface area contributed by atoms with Gasteiger partial charge in [0, 0.05) is 23.2 Å². The lowest BCUT2D eigenvalue weighted by Crippen LogP contribution is -2.19. The third kappa shape index (κ3) is 2.56. The van der Waals surface area contributed by atoms with Crippen LogP contribution in [0.15, 0.2) is 46.9 Å². The van der Waals surface area contributed by atoms with Gasteiger partial charge < -0.3 is 10.0 Å². The summed E-state index contributed by atoms with van der Waals surface area (Å²) >= 11 is 3.48. The van der Waals surface area contributed by atoms with E-state index in [0.29, 0.717) is 5.56 Å². The monoisotopic (exact) mass is 331 g/mol. The summed E-state index contributed by atoms with van der Waals surface area (Å²) in [6.45, 7) is 1.78. The maximum Gasteiger partial charge on any atom is 0.335 e. The summed E-state index contributed by atoms with van der Waals surface area (Å²) in [4.78, 5) is 13.3. The van der Waals surface area contributed by atoms with E-state index < -0.39 is 5.97 Å². The summed E-state index contributed by atoms with van der Waals surface area (Å²) in [6, 6.07) is 13.7. The number of anilines is 1. The molecule has 0 saturated heterocycles. The number of rotatable bonds is 3. The molecular formula is C16H14BrNO2. The molecule has 0 bridgehead atoms. The molecule has 0 amide bonds. The second-order valence-corrected chi connectivity index (χ2v) is 5.87. The predicted octanol–water partition coefficient (Wildman–Crippen LogP) is 3.71. The van der Waals surface area contributed by atoms with E-state index in [4.69, 9.17) is 5.11 Å². The standard InChI is InChI=1S/C16H14BrNO2/c17-14-3-1-2-11(8-14)10-18-7-6-12-9-13(16(19)20)4-5-15(12)18/h1-5,8-9H,6-7,10H2,(H,19,20). The minimum atomic E-state index is -0.863.